The Hall–Kier alpha value is -4.09. The zero-order valence-electron chi connectivity index (χ0n) is 25.0. The van der Waals surface area contributed by atoms with Gasteiger partial charge in [0.25, 0.3) is 0 Å². The maximum Gasteiger partial charge on any atom is 0.153 e. The molecule has 2 atom stereocenters. The van der Waals surface area contributed by atoms with Crippen LogP contribution in [0, 0.1) is 17.2 Å². The van der Waals surface area contributed by atoms with Crippen molar-refractivity contribution < 1.29 is 19.0 Å². The lowest BCUT2D eigenvalue weighted by atomic mass is 9.96. The summed E-state index contributed by atoms with van der Waals surface area (Å²) >= 11 is 13.6. The van der Waals surface area contributed by atoms with Crippen LogP contribution >= 0.6 is 23.2 Å². The molecule has 6 rings (SSSR count). The van der Waals surface area contributed by atoms with Gasteiger partial charge in [-0.05, 0) is 74.2 Å². The van der Waals surface area contributed by atoms with Gasteiger partial charge >= 0.3 is 0 Å². The largest absolute Gasteiger partial charge is 0.492 e. The van der Waals surface area contributed by atoms with Crippen LogP contribution in [0.2, 0.25) is 10.0 Å². The number of halogens is 2. The number of nitriles is 1. The highest BCUT2D eigenvalue weighted by Crippen LogP contribution is 2.45. The van der Waals surface area contributed by atoms with Gasteiger partial charge in [-0.3, -0.25) is 9.78 Å². The van der Waals surface area contributed by atoms with Gasteiger partial charge in [0.05, 0.1) is 27.8 Å². The number of aldehydes is 1. The normalized spacial score (nSPS) is 17.7. The highest BCUT2D eigenvalue weighted by atomic mass is 35.5. The first kappa shape index (κ1) is 30.9. The molecule has 1 aromatic heterocycles. The number of likely N-dealkylation sites (tertiary alicyclic amines) is 1. The monoisotopic (exact) mass is 641 g/mol. The highest BCUT2D eigenvalue weighted by molar-refractivity contribution is 6.35. The summed E-state index contributed by atoms with van der Waals surface area (Å²) in [6.45, 7) is 2.95. The van der Waals surface area contributed by atoms with E-state index in [1.165, 1.54) is 24.6 Å². The lowest BCUT2D eigenvalue weighted by Crippen LogP contribution is -2.34. The second kappa shape index (κ2) is 13.9. The van der Waals surface area contributed by atoms with Crippen molar-refractivity contribution in [3.8, 4) is 34.4 Å². The molecule has 1 aliphatic heterocycles. The second-order valence-corrected chi connectivity index (χ2v) is 12.4. The standard InChI is InChI=1S/C36H33Cl2N3O4/c1-41-12-4-5-23(19-41)21-43-33-9-3-8-30(36(33)38)27-6-2-7-29-28(27)10-11-32(29)45-35-15-34(26(20-42)14-31(35)37)44-22-25-13-24(16-39)17-40-18-25/h2-3,6-9,13-15,17-18,20,23,32H,4-5,10-12,19,21-22H2,1H3/t23-,32+/m1/s1. The number of benzene rings is 3. The molecule has 0 radical (unpaired) electrons. The summed E-state index contributed by atoms with van der Waals surface area (Å²) in [5.41, 5.74) is 5.68. The summed E-state index contributed by atoms with van der Waals surface area (Å²) < 4.78 is 18.7. The number of aromatic nitrogens is 1. The van der Waals surface area contributed by atoms with Gasteiger partial charge in [-0.25, -0.2) is 0 Å². The molecule has 0 N–H and O–H groups in total. The molecular weight excluding hydrogens is 609 g/mol. The minimum atomic E-state index is -0.245. The van der Waals surface area contributed by atoms with E-state index in [1.54, 1.807) is 24.4 Å². The predicted molar refractivity (Wildman–Crippen MR) is 174 cm³/mol. The Morgan fingerprint density at radius 3 is 2.69 bits per heavy atom. The van der Waals surface area contributed by atoms with Crippen LogP contribution in [0.25, 0.3) is 11.1 Å². The van der Waals surface area contributed by atoms with Gasteiger partial charge in [0.15, 0.2) is 6.29 Å². The predicted octanol–water partition coefficient (Wildman–Crippen LogP) is 8.11. The molecule has 3 aromatic carbocycles. The lowest BCUT2D eigenvalue weighted by molar-refractivity contribution is 0.111. The molecule has 9 heteroatoms. The van der Waals surface area contributed by atoms with Crippen LogP contribution in [0.5, 0.6) is 17.2 Å². The molecule has 0 saturated carbocycles. The quantitative estimate of drug-likeness (QED) is 0.162. The second-order valence-electron chi connectivity index (χ2n) is 11.6. The van der Waals surface area contributed by atoms with Crippen LogP contribution in [-0.4, -0.2) is 42.9 Å². The first-order valence-corrected chi connectivity index (χ1v) is 15.8. The van der Waals surface area contributed by atoms with E-state index in [-0.39, 0.29) is 12.7 Å². The van der Waals surface area contributed by atoms with Crippen LogP contribution in [0.1, 0.15) is 58.0 Å². The maximum absolute atomic E-state index is 11.8. The number of nitrogens with zero attached hydrogens (tertiary/aromatic N) is 3. The number of ether oxygens (including phenoxy) is 3. The van der Waals surface area contributed by atoms with E-state index >= 15 is 0 Å². The Balaban J connectivity index is 1.21. The Bertz CT molecular complexity index is 1760. The summed E-state index contributed by atoms with van der Waals surface area (Å²) in [5, 5.41) is 10.1. The molecule has 0 bridgehead atoms. The van der Waals surface area contributed by atoms with Crippen LogP contribution < -0.4 is 14.2 Å². The zero-order chi connectivity index (χ0) is 31.3. The number of carbonyl (C=O) groups is 1. The number of piperidine rings is 1. The topological polar surface area (TPSA) is 84.7 Å². The van der Waals surface area contributed by atoms with Gasteiger partial charge in [0.1, 0.15) is 36.0 Å². The van der Waals surface area contributed by atoms with Crippen LogP contribution in [0.4, 0.5) is 0 Å². The minimum absolute atomic E-state index is 0.126. The molecule has 230 valence electrons. The van der Waals surface area contributed by atoms with E-state index in [1.807, 2.05) is 24.3 Å². The summed E-state index contributed by atoms with van der Waals surface area (Å²) in [7, 11) is 2.16. The van der Waals surface area contributed by atoms with E-state index < -0.39 is 0 Å². The first-order chi connectivity index (χ1) is 21.9. The van der Waals surface area contributed by atoms with Gasteiger partial charge in [0.2, 0.25) is 0 Å². The Kier molecular flexibility index (Phi) is 9.56. The molecule has 0 amide bonds. The Labute approximate surface area is 273 Å². The van der Waals surface area contributed by atoms with Crippen molar-refractivity contribution in [1.29, 1.82) is 5.26 Å². The SMILES string of the molecule is CN1CCC[C@@H](COc2cccc(-c3cccc4c3CC[C@@H]4Oc3cc(OCc4cncc(C#N)c4)c(C=O)cc3Cl)c2Cl)C1. The van der Waals surface area contributed by atoms with Gasteiger partial charge in [-0.1, -0.05) is 53.5 Å². The summed E-state index contributed by atoms with van der Waals surface area (Å²) in [4.78, 5) is 18.2. The molecule has 7 nitrogen and oxygen atoms in total. The van der Waals surface area contributed by atoms with Crippen molar-refractivity contribution in [2.45, 2.75) is 38.4 Å². The molecule has 2 heterocycles. The molecule has 0 spiro atoms. The van der Waals surface area contributed by atoms with Crippen molar-refractivity contribution >= 4 is 29.5 Å². The van der Waals surface area contributed by atoms with Crippen molar-refractivity contribution in [2.75, 3.05) is 26.7 Å². The number of carbonyl (C=O) groups excluding carboxylic acids is 1. The molecule has 1 aliphatic carbocycles. The number of hydrogen-bond acceptors (Lipinski definition) is 7. The van der Waals surface area contributed by atoms with Gasteiger partial charge < -0.3 is 19.1 Å². The first-order valence-electron chi connectivity index (χ1n) is 15.1. The van der Waals surface area contributed by atoms with Crippen LogP contribution in [0.3, 0.4) is 0 Å². The highest BCUT2D eigenvalue weighted by Gasteiger charge is 2.29. The van der Waals surface area contributed by atoms with Gasteiger partial charge in [-0.2, -0.15) is 5.26 Å². The van der Waals surface area contributed by atoms with E-state index in [9.17, 15) is 4.79 Å². The van der Waals surface area contributed by atoms with E-state index in [0.29, 0.717) is 62.8 Å². The van der Waals surface area contributed by atoms with Crippen LogP contribution in [0.15, 0.2) is 67.0 Å². The van der Waals surface area contributed by atoms with Crippen molar-refractivity contribution in [2.24, 2.45) is 5.92 Å². The third-order valence-electron chi connectivity index (χ3n) is 8.44. The molecule has 2 aliphatic rings. The average molecular weight is 643 g/mol. The maximum atomic E-state index is 11.8. The van der Waals surface area contributed by atoms with E-state index in [0.717, 1.165) is 42.6 Å². The van der Waals surface area contributed by atoms with Crippen molar-refractivity contribution in [3.63, 3.8) is 0 Å². The molecule has 45 heavy (non-hydrogen) atoms. The fraction of sp³-hybridized carbons (Fsp3) is 0.306. The van der Waals surface area contributed by atoms with E-state index in [4.69, 9.17) is 42.7 Å². The molecule has 0 unspecified atom stereocenters. The van der Waals surface area contributed by atoms with Gasteiger partial charge in [-0.15, -0.1) is 0 Å². The molecule has 1 saturated heterocycles. The number of fused-ring (bicyclic) bond motifs is 1. The number of pyridine rings is 1. The van der Waals surface area contributed by atoms with Crippen molar-refractivity contribution in [3.05, 3.63) is 105 Å². The third kappa shape index (κ3) is 6.94. The van der Waals surface area contributed by atoms with Gasteiger partial charge in [0, 0.05) is 42.0 Å². The molecular formula is C36H33Cl2N3O4. The number of hydrogen-bond donors (Lipinski definition) is 0. The molecule has 1 fully saturated rings. The smallest absolute Gasteiger partial charge is 0.153 e. The number of rotatable bonds is 10. The fourth-order valence-electron chi connectivity index (χ4n) is 6.24. The summed E-state index contributed by atoms with van der Waals surface area (Å²) in [6, 6.07) is 19.1. The van der Waals surface area contributed by atoms with Crippen molar-refractivity contribution in [1.82, 2.24) is 9.88 Å². The molecule has 4 aromatic rings. The third-order valence-corrected chi connectivity index (χ3v) is 9.13. The lowest BCUT2D eigenvalue weighted by Gasteiger charge is -2.29. The minimum Gasteiger partial charge on any atom is -0.492 e. The summed E-state index contributed by atoms with van der Waals surface area (Å²) in [5.74, 6) is 1.95. The Morgan fingerprint density at radius 2 is 1.87 bits per heavy atom. The zero-order valence-corrected chi connectivity index (χ0v) is 26.5. The summed E-state index contributed by atoms with van der Waals surface area (Å²) in [6.07, 6.45) is 7.46. The average Bonchev–Trinajstić information content (AvgIpc) is 3.47. The van der Waals surface area contributed by atoms with Crippen LogP contribution in [-0.2, 0) is 13.0 Å². The fourth-order valence-corrected chi connectivity index (χ4v) is 6.74. The van der Waals surface area contributed by atoms with E-state index in [2.05, 4.69) is 35.1 Å². The Morgan fingerprint density at radius 1 is 1.02 bits per heavy atom.